The van der Waals surface area contributed by atoms with Crippen molar-refractivity contribution in [2.75, 3.05) is 43.2 Å². The zero-order valence-electron chi connectivity index (χ0n) is 28.7. The highest BCUT2D eigenvalue weighted by Gasteiger charge is 2.28. The van der Waals surface area contributed by atoms with E-state index >= 15 is 0 Å². The Labute approximate surface area is 296 Å². The number of hydrogen-bond donors (Lipinski definition) is 4. The summed E-state index contributed by atoms with van der Waals surface area (Å²) in [4.78, 5) is 27.3. The lowest BCUT2D eigenvalue weighted by Crippen LogP contribution is -2.49. The molecule has 0 bridgehead atoms. The van der Waals surface area contributed by atoms with Gasteiger partial charge in [-0.15, -0.1) is 0 Å². The predicted molar refractivity (Wildman–Crippen MR) is 191 cm³/mol. The van der Waals surface area contributed by atoms with Gasteiger partial charge >= 0.3 is 0 Å². The molecule has 4 aromatic carbocycles. The van der Waals surface area contributed by atoms with E-state index in [0.29, 0.717) is 12.6 Å². The van der Waals surface area contributed by atoms with Crippen molar-refractivity contribution < 1.29 is 41.4 Å². The molecule has 0 aliphatic rings. The minimum absolute atomic E-state index is 0.00401. The van der Waals surface area contributed by atoms with Crippen molar-refractivity contribution >= 4 is 33.2 Å². The van der Waals surface area contributed by atoms with E-state index in [1.165, 1.54) is 32.4 Å². The van der Waals surface area contributed by atoms with Gasteiger partial charge in [0.1, 0.15) is 24.0 Å². The van der Waals surface area contributed by atoms with Gasteiger partial charge in [0.2, 0.25) is 10.0 Å². The number of hydrogen-bond acceptors (Lipinski definition) is 8. The van der Waals surface area contributed by atoms with Crippen LogP contribution >= 0.6 is 0 Å². The fraction of sp³-hybridized carbons (Fsp3) is 0.297. The number of carbonyl (C=O) groups excluding carboxylic acids is 2. The maximum absolute atomic E-state index is 13.9. The molecule has 14 heteroatoms. The minimum atomic E-state index is -3.80. The molecular formula is C37H42F2N4O7S. The van der Waals surface area contributed by atoms with Crippen LogP contribution in [0.2, 0.25) is 0 Å². The molecule has 0 fully saturated rings. The first-order valence-electron chi connectivity index (χ1n) is 16.1. The van der Waals surface area contributed by atoms with Crippen LogP contribution in [0.1, 0.15) is 45.7 Å². The van der Waals surface area contributed by atoms with E-state index in [-0.39, 0.29) is 29.0 Å². The summed E-state index contributed by atoms with van der Waals surface area (Å²) in [6.45, 7) is 1.67. The zero-order valence-corrected chi connectivity index (χ0v) is 29.5. The summed E-state index contributed by atoms with van der Waals surface area (Å²) in [7, 11) is -1.05. The Morgan fingerprint density at radius 1 is 0.863 bits per heavy atom. The van der Waals surface area contributed by atoms with Gasteiger partial charge in [0, 0.05) is 62.1 Å². The molecule has 11 nitrogen and oxygen atoms in total. The molecule has 51 heavy (non-hydrogen) atoms. The van der Waals surface area contributed by atoms with Crippen LogP contribution in [-0.2, 0) is 14.8 Å². The Balaban J connectivity index is 1.61. The third-order valence-corrected chi connectivity index (χ3v) is 9.35. The molecular weight excluding hydrogens is 682 g/mol. The van der Waals surface area contributed by atoms with Crippen molar-refractivity contribution in [3.8, 4) is 5.75 Å². The van der Waals surface area contributed by atoms with Crippen molar-refractivity contribution in [1.82, 2.24) is 10.6 Å². The maximum Gasteiger partial charge on any atom is 0.251 e. The van der Waals surface area contributed by atoms with E-state index in [2.05, 4.69) is 16.0 Å². The minimum Gasteiger partial charge on any atom is -0.491 e. The van der Waals surface area contributed by atoms with Crippen LogP contribution in [-0.4, -0.2) is 77.2 Å². The number of anilines is 2. The van der Waals surface area contributed by atoms with E-state index in [4.69, 9.17) is 9.47 Å². The van der Waals surface area contributed by atoms with Gasteiger partial charge in [0.15, 0.2) is 0 Å². The molecule has 0 aliphatic carbocycles. The van der Waals surface area contributed by atoms with Gasteiger partial charge in [0.25, 0.3) is 11.8 Å². The molecule has 0 spiro atoms. The van der Waals surface area contributed by atoms with Crippen LogP contribution < -0.4 is 25.0 Å². The number of halogens is 2. The lowest BCUT2D eigenvalue weighted by atomic mass is 10.0. The molecule has 2 amide bonds. The van der Waals surface area contributed by atoms with Crippen molar-refractivity contribution in [2.24, 2.45) is 0 Å². The monoisotopic (exact) mass is 724 g/mol. The number of aliphatic hydroxyl groups excluding tert-OH is 1. The number of ether oxygens (including phenoxy) is 2. The Morgan fingerprint density at radius 3 is 2.00 bits per heavy atom. The summed E-state index contributed by atoms with van der Waals surface area (Å²) in [5, 5.41) is 20.2. The second-order valence-electron chi connectivity index (χ2n) is 12.0. The lowest BCUT2D eigenvalue weighted by molar-refractivity contribution is 0.0255. The fourth-order valence-electron chi connectivity index (χ4n) is 5.13. The molecule has 4 atom stereocenters. The first kappa shape index (κ1) is 38.7. The number of sulfonamides is 1. The summed E-state index contributed by atoms with van der Waals surface area (Å²) in [5.74, 6) is -3.27. The molecule has 0 saturated heterocycles. The largest absolute Gasteiger partial charge is 0.491 e. The summed E-state index contributed by atoms with van der Waals surface area (Å²) in [6, 6.07) is 23.5. The third-order valence-electron chi connectivity index (χ3n) is 8.14. The highest BCUT2D eigenvalue weighted by Crippen LogP contribution is 2.23. The molecule has 0 unspecified atom stereocenters. The number of amides is 2. The molecule has 0 aromatic heterocycles. The van der Waals surface area contributed by atoms with Gasteiger partial charge in [-0.3, -0.25) is 13.9 Å². The van der Waals surface area contributed by atoms with Crippen LogP contribution in [0.5, 0.6) is 5.75 Å². The third kappa shape index (κ3) is 11.5. The van der Waals surface area contributed by atoms with Gasteiger partial charge in [-0.25, -0.2) is 17.2 Å². The number of para-hydroxylation sites is 1. The SMILES string of the molecule is CO[C@@H](CNc1ccccc1)C[C@H](O)[C@H](COc1cc(F)cc(F)c1)NC(=O)c1cc(C(=O)N[C@H](C)c2ccccc2)cc(N(C)S(C)(=O)=O)c1. The lowest BCUT2D eigenvalue weighted by Gasteiger charge is -2.28. The van der Waals surface area contributed by atoms with Gasteiger partial charge in [-0.1, -0.05) is 48.5 Å². The molecule has 0 radical (unpaired) electrons. The van der Waals surface area contributed by atoms with Crippen LogP contribution in [0, 0.1) is 11.6 Å². The number of carbonyl (C=O) groups is 2. The molecule has 4 N–H and O–H groups in total. The predicted octanol–water partition coefficient (Wildman–Crippen LogP) is 4.91. The summed E-state index contributed by atoms with van der Waals surface area (Å²) < 4.78 is 64.9. The normalized spacial score (nSPS) is 13.7. The van der Waals surface area contributed by atoms with Crippen molar-refractivity contribution in [3.05, 3.63) is 125 Å². The van der Waals surface area contributed by atoms with Gasteiger partial charge in [-0.05, 0) is 42.8 Å². The Morgan fingerprint density at radius 2 is 1.43 bits per heavy atom. The highest BCUT2D eigenvalue weighted by molar-refractivity contribution is 7.92. The van der Waals surface area contributed by atoms with Crippen molar-refractivity contribution in [2.45, 2.75) is 37.6 Å². The Hall–Kier alpha value is -5.05. The Kier molecular flexibility index (Phi) is 13.5. The first-order valence-corrected chi connectivity index (χ1v) is 17.9. The van der Waals surface area contributed by atoms with Crippen LogP contribution in [0.4, 0.5) is 20.2 Å². The number of nitrogens with one attached hydrogen (secondary N) is 3. The molecule has 0 saturated carbocycles. The number of methoxy groups -OCH3 is 1. The second-order valence-corrected chi connectivity index (χ2v) is 14.0. The number of benzene rings is 4. The van der Waals surface area contributed by atoms with Crippen molar-refractivity contribution in [1.29, 1.82) is 0 Å². The van der Waals surface area contributed by atoms with Gasteiger partial charge in [-0.2, -0.15) is 0 Å². The number of rotatable bonds is 17. The zero-order chi connectivity index (χ0) is 37.1. The average Bonchev–Trinajstić information content (AvgIpc) is 3.11. The fourth-order valence-corrected chi connectivity index (χ4v) is 5.62. The smallest absolute Gasteiger partial charge is 0.251 e. The standard InChI is InChI=1S/C37H42F2N4O7S/c1-24(25-11-7-5-8-12-25)41-36(45)26-15-27(17-31(16-26)43(2)51(4,47)48)37(46)42-34(23-50-32-19-28(38)18-29(39)20-32)35(44)21-33(49-3)22-40-30-13-9-6-10-14-30/h5-20,24,33-35,40,44H,21-23H2,1-4H3,(H,41,45)(H,42,46)/t24-,33-,34+,35+/m1/s1. The molecule has 0 heterocycles. The molecule has 4 aromatic rings. The summed E-state index contributed by atoms with van der Waals surface area (Å²) >= 11 is 0. The highest BCUT2D eigenvalue weighted by atomic mass is 32.2. The van der Waals surface area contributed by atoms with E-state index < -0.39 is 64.4 Å². The van der Waals surface area contributed by atoms with E-state index in [0.717, 1.165) is 33.9 Å². The molecule has 4 rings (SSSR count). The Bertz CT molecular complexity index is 1860. The van der Waals surface area contributed by atoms with Gasteiger partial charge < -0.3 is 30.5 Å². The van der Waals surface area contributed by atoms with Crippen LogP contribution in [0.25, 0.3) is 0 Å². The molecule has 0 aliphatic heterocycles. The van der Waals surface area contributed by atoms with Crippen LogP contribution in [0.15, 0.2) is 97.1 Å². The van der Waals surface area contributed by atoms with Gasteiger partial charge in [0.05, 0.1) is 36.2 Å². The quantitative estimate of drug-likeness (QED) is 0.120. The van der Waals surface area contributed by atoms with E-state index in [9.17, 15) is 31.9 Å². The van der Waals surface area contributed by atoms with Crippen LogP contribution in [0.3, 0.4) is 0 Å². The summed E-state index contributed by atoms with van der Waals surface area (Å²) in [5.41, 5.74) is 1.61. The second kappa shape index (κ2) is 17.7. The number of aliphatic hydroxyl groups is 1. The molecule has 272 valence electrons. The van der Waals surface area contributed by atoms with E-state index in [1.807, 2.05) is 60.7 Å². The van der Waals surface area contributed by atoms with Crippen molar-refractivity contribution in [3.63, 3.8) is 0 Å². The first-order chi connectivity index (χ1) is 24.2. The average molecular weight is 725 g/mol. The topological polar surface area (TPSA) is 146 Å². The van der Waals surface area contributed by atoms with E-state index in [1.54, 1.807) is 6.92 Å². The summed E-state index contributed by atoms with van der Waals surface area (Å²) in [6.07, 6.45) is -0.857. The maximum atomic E-state index is 13.9. The number of nitrogens with zero attached hydrogens (tertiary/aromatic N) is 1.